The Bertz CT molecular complexity index is 1110. The zero-order valence-corrected chi connectivity index (χ0v) is 18.0. The van der Waals surface area contributed by atoms with Gasteiger partial charge in [-0.25, -0.2) is 0 Å². The fourth-order valence-electron chi connectivity index (χ4n) is 3.96. The summed E-state index contributed by atoms with van der Waals surface area (Å²) in [6, 6.07) is 11.2. The van der Waals surface area contributed by atoms with Gasteiger partial charge in [0.15, 0.2) is 5.78 Å². The average Bonchev–Trinajstić information content (AvgIpc) is 2.78. The topological polar surface area (TPSA) is 105 Å². The molecule has 0 aliphatic carbocycles. The lowest BCUT2D eigenvalue weighted by molar-refractivity contribution is -0.116. The number of nitriles is 1. The molecule has 176 valence electrons. The first kappa shape index (κ1) is 24.7. The molecule has 2 aromatic carbocycles. The third-order valence-electron chi connectivity index (χ3n) is 6.00. The van der Waals surface area contributed by atoms with E-state index in [9.17, 15) is 33.4 Å². The van der Waals surface area contributed by atoms with Crippen LogP contribution in [0.1, 0.15) is 31.7 Å². The maximum absolute atomic E-state index is 14.1. The van der Waals surface area contributed by atoms with Gasteiger partial charge in [-0.15, -0.1) is 0 Å². The molecule has 1 aliphatic rings. The first-order valence-electron chi connectivity index (χ1n) is 10.6. The summed E-state index contributed by atoms with van der Waals surface area (Å²) in [6.07, 6.45) is -8.02. The molecule has 6 nitrogen and oxygen atoms in total. The van der Waals surface area contributed by atoms with Crippen LogP contribution in [-0.4, -0.2) is 58.7 Å². The van der Waals surface area contributed by atoms with Crippen molar-refractivity contribution < 1.29 is 33.3 Å². The van der Waals surface area contributed by atoms with Crippen molar-refractivity contribution in [1.82, 2.24) is 0 Å². The van der Waals surface area contributed by atoms with Gasteiger partial charge in [0.2, 0.25) is 0 Å². The quantitative estimate of drug-likeness (QED) is 0.411. The van der Waals surface area contributed by atoms with Crippen LogP contribution >= 0.6 is 0 Å². The monoisotopic (exact) mass is 462 g/mol. The van der Waals surface area contributed by atoms with Crippen molar-refractivity contribution in [3.05, 3.63) is 47.5 Å². The maximum Gasteiger partial charge on any atom is 0.418 e. The van der Waals surface area contributed by atoms with E-state index in [0.29, 0.717) is 5.39 Å². The first-order valence-corrected chi connectivity index (χ1v) is 10.6. The third-order valence-corrected chi connectivity index (χ3v) is 6.00. The van der Waals surface area contributed by atoms with Gasteiger partial charge in [0.1, 0.15) is 17.7 Å². The molecule has 3 atom stereocenters. The Hall–Kier alpha value is -2.93. The second kappa shape index (κ2) is 9.91. The molecular formula is C24H25F3N2O4. The molecule has 9 heteroatoms. The van der Waals surface area contributed by atoms with Crippen LogP contribution in [0, 0.1) is 11.3 Å². The number of carbonyl (C=O) groups excluding carboxylic acids is 1. The van der Waals surface area contributed by atoms with E-state index in [1.807, 2.05) is 19.1 Å². The Morgan fingerprint density at radius 2 is 1.97 bits per heavy atom. The molecular weight excluding hydrogens is 437 g/mol. The average molecular weight is 462 g/mol. The van der Waals surface area contributed by atoms with Crippen LogP contribution in [0.25, 0.3) is 16.3 Å². The van der Waals surface area contributed by atoms with E-state index < -0.39 is 54.8 Å². The predicted octanol–water partition coefficient (Wildman–Crippen LogP) is 3.34. The van der Waals surface area contributed by atoms with Crippen molar-refractivity contribution in [2.75, 3.05) is 18.1 Å². The molecule has 1 saturated heterocycles. The molecule has 3 rings (SSSR count). The Morgan fingerprint density at radius 3 is 2.52 bits per heavy atom. The summed E-state index contributed by atoms with van der Waals surface area (Å²) in [5.41, 5.74) is -1.89. The van der Waals surface area contributed by atoms with E-state index in [1.54, 1.807) is 6.07 Å². The highest BCUT2D eigenvalue weighted by Gasteiger charge is 2.39. The second-order valence-corrected chi connectivity index (χ2v) is 8.18. The molecule has 0 spiro atoms. The van der Waals surface area contributed by atoms with Gasteiger partial charge < -0.3 is 20.2 Å². The van der Waals surface area contributed by atoms with Crippen LogP contribution in [0.5, 0.6) is 0 Å². The van der Waals surface area contributed by atoms with Crippen molar-refractivity contribution in [2.45, 2.75) is 50.6 Å². The molecule has 2 aromatic rings. The lowest BCUT2D eigenvalue weighted by Gasteiger charge is -2.41. The number of allylic oxidation sites excluding steroid dienone is 2. The third kappa shape index (κ3) is 5.19. The summed E-state index contributed by atoms with van der Waals surface area (Å²) in [5.74, 6) is -1.10. The van der Waals surface area contributed by atoms with E-state index in [2.05, 4.69) is 4.90 Å². The Kier molecular flexibility index (Phi) is 7.42. The number of rotatable bonds is 8. The Balaban J connectivity index is 2.06. The highest BCUT2D eigenvalue weighted by molar-refractivity contribution is 6.08. The van der Waals surface area contributed by atoms with Gasteiger partial charge in [0.05, 0.1) is 18.3 Å². The lowest BCUT2D eigenvalue weighted by atomic mass is 9.92. The number of halogens is 3. The van der Waals surface area contributed by atoms with Crippen LogP contribution < -0.4 is 4.90 Å². The number of aliphatic hydroxyl groups excluding tert-OH is 3. The summed E-state index contributed by atoms with van der Waals surface area (Å²) in [7, 11) is 0. The number of ketones is 1. The number of aliphatic hydroxyl groups is 3. The lowest BCUT2D eigenvalue weighted by Crippen LogP contribution is -2.45. The fraction of sp³-hybridized carbons (Fsp3) is 0.417. The molecule has 0 aromatic heterocycles. The van der Waals surface area contributed by atoms with Crippen molar-refractivity contribution in [3.8, 4) is 6.07 Å². The summed E-state index contributed by atoms with van der Waals surface area (Å²) in [4.78, 5) is 14.6. The van der Waals surface area contributed by atoms with Crippen LogP contribution in [0.2, 0.25) is 0 Å². The zero-order chi connectivity index (χ0) is 24.3. The van der Waals surface area contributed by atoms with Crippen molar-refractivity contribution >= 4 is 27.8 Å². The van der Waals surface area contributed by atoms with E-state index in [4.69, 9.17) is 5.11 Å². The molecule has 0 radical (unpaired) electrons. The zero-order valence-electron chi connectivity index (χ0n) is 18.0. The second-order valence-electron chi connectivity index (χ2n) is 8.18. The normalized spacial score (nSPS) is 18.8. The largest absolute Gasteiger partial charge is 0.418 e. The molecule has 3 N–H and O–H groups in total. The van der Waals surface area contributed by atoms with Gasteiger partial charge in [-0.3, -0.25) is 4.79 Å². The summed E-state index contributed by atoms with van der Waals surface area (Å²) in [5, 5.41) is 38.7. The van der Waals surface area contributed by atoms with Gasteiger partial charge in [0, 0.05) is 30.1 Å². The number of nitrogens with zero attached hydrogens (tertiary/aromatic N) is 2. The molecule has 1 aliphatic heterocycles. The molecule has 0 saturated carbocycles. The van der Waals surface area contributed by atoms with Crippen molar-refractivity contribution in [1.29, 1.82) is 5.26 Å². The number of alkyl halides is 3. The maximum atomic E-state index is 14.1. The Labute approximate surface area is 189 Å². The molecule has 33 heavy (non-hydrogen) atoms. The smallest absolute Gasteiger partial charge is 0.394 e. The fourth-order valence-corrected chi connectivity index (χ4v) is 3.96. The van der Waals surface area contributed by atoms with Gasteiger partial charge in [-0.05, 0) is 42.8 Å². The molecule has 3 unspecified atom stereocenters. The number of anilines is 1. The van der Waals surface area contributed by atoms with Crippen LogP contribution in [-0.2, 0) is 4.79 Å². The van der Waals surface area contributed by atoms with Gasteiger partial charge in [0.25, 0.3) is 0 Å². The van der Waals surface area contributed by atoms with Crippen LogP contribution in [0.3, 0.4) is 0 Å². The number of benzene rings is 2. The minimum atomic E-state index is -4.98. The number of Topliss-reactive ketones (excluding diaryl/α,β-unsaturated/α-hetero) is 1. The minimum Gasteiger partial charge on any atom is -0.394 e. The molecule has 0 bridgehead atoms. The minimum absolute atomic E-state index is 0.258. The summed E-state index contributed by atoms with van der Waals surface area (Å²) in [6.45, 7) is 2.05. The molecule has 1 heterocycles. The van der Waals surface area contributed by atoms with Crippen molar-refractivity contribution in [3.63, 3.8) is 0 Å². The standard InChI is InChI=1S/C24H25F3N2O4/c1-14-9-10-29(14)19-4-2-3-15-5-6-16(11-17(15)19)23(24(25,26)27)18(12-28)20(31)7-8-21(32)22(33)13-30/h2-6,11,14,21-22,30,32-33H,7-10,13H2,1H3/b23-18-. The van der Waals surface area contributed by atoms with Gasteiger partial charge in [-0.2, -0.15) is 18.4 Å². The number of hydrogen-bond acceptors (Lipinski definition) is 6. The van der Waals surface area contributed by atoms with E-state index in [-0.39, 0.29) is 11.6 Å². The first-order chi connectivity index (χ1) is 15.6. The van der Waals surface area contributed by atoms with E-state index in [1.165, 1.54) is 24.3 Å². The highest BCUT2D eigenvalue weighted by Crippen LogP contribution is 2.40. The van der Waals surface area contributed by atoms with E-state index in [0.717, 1.165) is 24.0 Å². The SMILES string of the molecule is CC1CCN1c1cccc2ccc(/C(=C(\C#N)C(=O)CCC(O)C(O)CO)C(F)(F)F)cc12. The Morgan fingerprint density at radius 1 is 1.24 bits per heavy atom. The van der Waals surface area contributed by atoms with Crippen molar-refractivity contribution in [2.24, 2.45) is 0 Å². The van der Waals surface area contributed by atoms with Crippen LogP contribution in [0.4, 0.5) is 18.9 Å². The summed E-state index contributed by atoms with van der Waals surface area (Å²) >= 11 is 0. The number of carbonyl (C=O) groups is 1. The predicted molar refractivity (Wildman–Crippen MR) is 117 cm³/mol. The van der Waals surface area contributed by atoms with Gasteiger partial charge >= 0.3 is 6.18 Å². The highest BCUT2D eigenvalue weighted by atomic mass is 19.4. The number of fused-ring (bicyclic) bond motifs is 1. The van der Waals surface area contributed by atoms with E-state index >= 15 is 0 Å². The van der Waals surface area contributed by atoms with Crippen LogP contribution in [0.15, 0.2) is 42.0 Å². The number of hydrogen-bond donors (Lipinski definition) is 3. The molecule has 0 amide bonds. The summed E-state index contributed by atoms with van der Waals surface area (Å²) < 4.78 is 42.3. The van der Waals surface area contributed by atoms with Gasteiger partial charge in [-0.1, -0.05) is 24.3 Å². The molecule has 1 fully saturated rings.